The SMILES string of the molecule is Cc1ccccc1-c1cc(C(=O)Nc2nc(-c3ccc([N+](=O)[O-])cc3)cs2)c2ccccc2n1. The van der Waals surface area contributed by atoms with Gasteiger partial charge in [-0.3, -0.25) is 20.2 Å². The first-order chi connectivity index (χ1) is 16.5. The number of pyridine rings is 1. The Bertz CT molecular complexity index is 1540. The number of aromatic nitrogens is 2. The number of nitro groups is 1. The van der Waals surface area contributed by atoms with E-state index in [1.807, 2.05) is 61.5 Å². The van der Waals surface area contributed by atoms with E-state index in [1.54, 1.807) is 17.5 Å². The second-order valence-corrected chi connectivity index (χ2v) is 8.54. The van der Waals surface area contributed by atoms with Crippen LogP contribution in [0.5, 0.6) is 0 Å². The van der Waals surface area contributed by atoms with E-state index in [-0.39, 0.29) is 11.6 Å². The number of aryl methyl sites for hydroxylation is 1. The fourth-order valence-electron chi connectivity index (χ4n) is 3.74. The molecule has 0 radical (unpaired) electrons. The van der Waals surface area contributed by atoms with Crippen LogP contribution in [-0.2, 0) is 0 Å². The third-order valence-electron chi connectivity index (χ3n) is 5.48. The lowest BCUT2D eigenvalue weighted by Crippen LogP contribution is -2.13. The van der Waals surface area contributed by atoms with Crippen LogP contribution in [0.15, 0.2) is 84.2 Å². The number of thiazole rings is 1. The van der Waals surface area contributed by atoms with Crippen LogP contribution in [0.4, 0.5) is 10.8 Å². The van der Waals surface area contributed by atoms with Crippen molar-refractivity contribution in [2.75, 3.05) is 5.32 Å². The van der Waals surface area contributed by atoms with Gasteiger partial charge in [0.1, 0.15) is 0 Å². The van der Waals surface area contributed by atoms with Crippen LogP contribution in [0.25, 0.3) is 33.4 Å². The van der Waals surface area contributed by atoms with Gasteiger partial charge in [0.2, 0.25) is 0 Å². The second kappa shape index (κ2) is 8.84. The van der Waals surface area contributed by atoms with Gasteiger partial charge in [-0.2, -0.15) is 0 Å². The van der Waals surface area contributed by atoms with Gasteiger partial charge in [-0.1, -0.05) is 42.5 Å². The Balaban J connectivity index is 1.47. The minimum absolute atomic E-state index is 0.0153. The Morgan fingerprint density at radius 2 is 1.68 bits per heavy atom. The van der Waals surface area contributed by atoms with Gasteiger partial charge in [0, 0.05) is 34.0 Å². The van der Waals surface area contributed by atoms with E-state index >= 15 is 0 Å². The number of non-ortho nitro benzene ring substituents is 1. The molecule has 8 heteroatoms. The van der Waals surface area contributed by atoms with Crippen molar-refractivity contribution in [1.29, 1.82) is 0 Å². The van der Waals surface area contributed by atoms with Crippen molar-refractivity contribution < 1.29 is 9.72 Å². The molecule has 0 unspecified atom stereocenters. The molecular formula is C26H18N4O3S. The third-order valence-corrected chi connectivity index (χ3v) is 6.24. The number of benzene rings is 3. The average Bonchev–Trinajstić information content (AvgIpc) is 3.32. The molecule has 3 aromatic carbocycles. The molecule has 0 aliphatic carbocycles. The van der Waals surface area contributed by atoms with Crippen molar-refractivity contribution in [3.05, 3.63) is 105 Å². The van der Waals surface area contributed by atoms with Gasteiger partial charge in [0.25, 0.3) is 11.6 Å². The first-order valence-electron chi connectivity index (χ1n) is 10.5. The maximum Gasteiger partial charge on any atom is 0.269 e. The lowest BCUT2D eigenvalue weighted by Gasteiger charge is -2.11. The van der Waals surface area contributed by atoms with Crippen LogP contribution in [0, 0.1) is 17.0 Å². The zero-order valence-electron chi connectivity index (χ0n) is 18.1. The summed E-state index contributed by atoms with van der Waals surface area (Å²) < 4.78 is 0. The average molecular weight is 467 g/mol. The molecule has 0 spiro atoms. The van der Waals surface area contributed by atoms with E-state index < -0.39 is 4.92 Å². The van der Waals surface area contributed by atoms with Crippen LogP contribution < -0.4 is 5.32 Å². The van der Waals surface area contributed by atoms with Crippen LogP contribution in [0.3, 0.4) is 0 Å². The summed E-state index contributed by atoms with van der Waals surface area (Å²) in [5, 5.41) is 16.8. The van der Waals surface area contributed by atoms with Gasteiger partial charge >= 0.3 is 0 Å². The zero-order chi connectivity index (χ0) is 23.7. The maximum absolute atomic E-state index is 13.3. The molecule has 0 aliphatic heterocycles. The third kappa shape index (κ3) is 4.14. The number of nitrogens with one attached hydrogen (secondary N) is 1. The lowest BCUT2D eigenvalue weighted by molar-refractivity contribution is -0.384. The number of rotatable bonds is 5. The van der Waals surface area contributed by atoms with Crippen molar-refractivity contribution in [1.82, 2.24) is 9.97 Å². The predicted molar refractivity (Wildman–Crippen MR) is 134 cm³/mol. The summed E-state index contributed by atoms with van der Waals surface area (Å²) >= 11 is 1.29. The minimum atomic E-state index is -0.444. The molecule has 0 fully saturated rings. The van der Waals surface area contributed by atoms with Crippen molar-refractivity contribution in [3.63, 3.8) is 0 Å². The standard InChI is InChI=1S/C26H18N4O3S/c1-16-6-2-3-7-19(16)23-14-21(20-8-4-5-9-22(20)27-23)25(31)29-26-28-24(15-34-26)17-10-12-18(13-11-17)30(32)33/h2-15H,1H3,(H,28,29,31). The summed E-state index contributed by atoms with van der Waals surface area (Å²) in [6.07, 6.45) is 0. The van der Waals surface area contributed by atoms with Gasteiger partial charge < -0.3 is 0 Å². The smallest absolute Gasteiger partial charge is 0.269 e. The normalized spacial score (nSPS) is 10.9. The highest BCUT2D eigenvalue weighted by molar-refractivity contribution is 7.14. The fourth-order valence-corrected chi connectivity index (χ4v) is 4.46. The van der Waals surface area contributed by atoms with E-state index in [1.165, 1.54) is 23.5 Å². The predicted octanol–water partition coefficient (Wildman–Crippen LogP) is 6.49. The number of fused-ring (bicyclic) bond motifs is 1. The maximum atomic E-state index is 13.3. The number of nitrogens with zero attached hydrogens (tertiary/aromatic N) is 3. The van der Waals surface area contributed by atoms with Crippen molar-refractivity contribution in [2.45, 2.75) is 6.92 Å². The minimum Gasteiger partial charge on any atom is -0.298 e. The number of para-hydroxylation sites is 1. The Morgan fingerprint density at radius 1 is 0.941 bits per heavy atom. The number of amides is 1. The number of carbonyl (C=O) groups excluding carboxylic acids is 1. The molecule has 5 aromatic rings. The van der Waals surface area contributed by atoms with Gasteiger partial charge in [-0.25, -0.2) is 9.97 Å². The van der Waals surface area contributed by atoms with Gasteiger partial charge in [0.05, 0.1) is 27.4 Å². The fraction of sp³-hybridized carbons (Fsp3) is 0.0385. The Morgan fingerprint density at radius 3 is 2.44 bits per heavy atom. The summed E-state index contributed by atoms with van der Waals surface area (Å²) in [5.74, 6) is -0.280. The molecule has 0 bridgehead atoms. The lowest BCUT2D eigenvalue weighted by atomic mass is 10.0. The van der Waals surface area contributed by atoms with E-state index in [9.17, 15) is 14.9 Å². The molecule has 34 heavy (non-hydrogen) atoms. The van der Waals surface area contributed by atoms with Crippen LogP contribution >= 0.6 is 11.3 Å². The Labute approximate surface area is 198 Å². The highest BCUT2D eigenvalue weighted by Crippen LogP contribution is 2.29. The van der Waals surface area contributed by atoms with Gasteiger partial charge in [-0.15, -0.1) is 11.3 Å². The van der Waals surface area contributed by atoms with Crippen molar-refractivity contribution >= 4 is 39.0 Å². The van der Waals surface area contributed by atoms with Gasteiger partial charge in [0.15, 0.2) is 5.13 Å². The van der Waals surface area contributed by atoms with Crippen LogP contribution in [0.2, 0.25) is 0 Å². The molecule has 166 valence electrons. The molecule has 1 N–H and O–H groups in total. The molecule has 7 nitrogen and oxygen atoms in total. The first kappa shape index (κ1) is 21.4. The van der Waals surface area contributed by atoms with Crippen LogP contribution in [-0.4, -0.2) is 20.8 Å². The summed E-state index contributed by atoms with van der Waals surface area (Å²) in [6, 6.07) is 23.4. The van der Waals surface area contributed by atoms with E-state index in [2.05, 4.69) is 10.3 Å². The van der Waals surface area contributed by atoms with E-state index in [0.717, 1.165) is 33.3 Å². The zero-order valence-corrected chi connectivity index (χ0v) is 18.9. The first-order valence-corrected chi connectivity index (χ1v) is 11.3. The highest BCUT2D eigenvalue weighted by Gasteiger charge is 2.17. The monoisotopic (exact) mass is 466 g/mol. The van der Waals surface area contributed by atoms with Crippen molar-refractivity contribution in [3.8, 4) is 22.5 Å². The molecular weight excluding hydrogens is 448 g/mol. The molecule has 0 saturated carbocycles. The van der Waals surface area contributed by atoms with Crippen LogP contribution in [0.1, 0.15) is 15.9 Å². The van der Waals surface area contributed by atoms with E-state index in [0.29, 0.717) is 16.4 Å². The number of nitro benzene ring substituents is 1. The largest absolute Gasteiger partial charge is 0.298 e. The molecule has 1 amide bonds. The molecule has 0 atom stereocenters. The summed E-state index contributed by atoms with van der Waals surface area (Å²) in [5.41, 5.74) is 5.40. The number of anilines is 1. The summed E-state index contributed by atoms with van der Waals surface area (Å²) in [7, 11) is 0. The number of hydrogen-bond donors (Lipinski definition) is 1. The number of hydrogen-bond acceptors (Lipinski definition) is 6. The molecule has 2 heterocycles. The van der Waals surface area contributed by atoms with Crippen molar-refractivity contribution in [2.24, 2.45) is 0 Å². The Kier molecular flexibility index (Phi) is 5.57. The Hall–Kier alpha value is -4.43. The summed E-state index contributed by atoms with van der Waals surface area (Å²) in [4.78, 5) is 33.0. The molecule has 0 saturated heterocycles. The molecule has 0 aliphatic rings. The second-order valence-electron chi connectivity index (χ2n) is 7.68. The molecule has 2 aromatic heterocycles. The summed E-state index contributed by atoms with van der Waals surface area (Å²) in [6.45, 7) is 2.02. The highest BCUT2D eigenvalue weighted by atomic mass is 32.1. The number of carbonyl (C=O) groups is 1. The van der Waals surface area contributed by atoms with Gasteiger partial charge in [-0.05, 0) is 36.8 Å². The quantitative estimate of drug-likeness (QED) is 0.236. The van der Waals surface area contributed by atoms with E-state index in [4.69, 9.17) is 4.98 Å². The topological polar surface area (TPSA) is 98.0 Å². The molecule has 5 rings (SSSR count).